The van der Waals surface area contributed by atoms with Crippen LogP contribution in [0.5, 0.6) is 0 Å². The molecule has 1 fully saturated rings. The molecule has 1 atom stereocenters. The summed E-state index contributed by atoms with van der Waals surface area (Å²) in [5, 5.41) is 11.4. The normalized spacial score (nSPS) is 16.8. The Labute approximate surface area is 148 Å². The van der Waals surface area contributed by atoms with Crippen molar-refractivity contribution in [2.24, 2.45) is 11.7 Å². The molecule has 5 N–H and O–H groups in total. The largest absolute Gasteiger partial charge is 0.338 e. The first-order chi connectivity index (χ1) is 11.8. The molecule has 0 aromatic heterocycles. The van der Waals surface area contributed by atoms with Gasteiger partial charge in [-0.05, 0) is 50.3 Å². The lowest BCUT2D eigenvalue weighted by molar-refractivity contribution is -0.132. The smallest absolute Gasteiger partial charge is 0.267 e. The summed E-state index contributed by atoms with van der Waals surface area (Å²) in [6.45, 7) is 3.20. The van der Waals surface area contributed by atoms with Crippen molar-refractivity contribution in [2.75, 3.05) is 0 Å². The van der Waals surface area contributed by atoms with Crippen LogP contribution in [0.3, 0.4) is 0 Å². The standard InChI is InChI=1S/C19H27N3O3/c1-19(2,20)16(18(24)22-25)21-17(23)15-11-9-14(10-12-15)8-7-13-5-3-4-6-13/h7-13,16,25H,3-6,20H2,1-2H3,(H,21,23)(H,22,24)/b8-7+/t16-/m1/s1. The van der Waals surface area contributed by atoms with E-state index in [0.29, 0.717) is 11.5 Å². The molecule has 0 unspecified atom stereocenters. The van der Waals surface area contributed by atoms with Crippen LogP contribution >= 0.6 is 0 Å². The third-order valence-corrected chi connectivity index (χ3v) is 4.53. The van der Waals surface area contributed by atoms with E-state index in [1.165, 1.54) is 31.2 Å². The minimum absolute atomic E-state index is 0.418. The number of hydroxylamine groups is 1. The maximum atomic E-state index is 12.4. The average Bonchev–Trinajstić information content (AvgIpc) is 3.10. The zero-order chi connectivity index (χ0) is 18.4. The Kier molecular flexibility index (Phi) is 6.33. The van der Waals surface area contributed by atoms with Crippen LogP contribution in [0.4, 0.5) is 0 Å². The Bertz CT molecular complexity index is 626. The molecule has 0 saturated heterocycles. The summed E-state index contributed by atoms with van der Waals surface area (Å²) in [5.74, 6) is -0.511. The lowest BCUT2D eigenvalue weighted by atomic mass is 9.95. The van der Waals surface area contributed by atoms with Crippen molar-refractivity contribution in [2.45, 2.75) is 51.1 Å². The zero-order valence-corrected chi connectivity index (χ0v) is 14.8. The van der Waals surface area contributed by atoms with Crippen molar-refractivity contribution < 1.29 is 14.8 Å². The van der Waals surface area contributed by atoms with Crippen molar-refractivity contribution >= 4 is 17.9 Å². The summed E-state index contributed by atoms with van der Waals surface area (Å²) >= 11 is 0. The van der Waals surface area contributed by atoms with Crippen LogP contribution in [0.15, 0.2) is 30.3 Å². The van der Waals surface area contributed by atoms with Gasteiger partial charge in [0.2, 0.25) is 0 Å². The number of carbonyl (C=O) groups excluding carboxylic acids is 2. The van der Waals surface area contributed by atoms with Gasteiger partial charge in [-0.25, -0.2) is 5.48 Å². The van der Waals surface area contributed by atoms with Gasteiger partial charge >= 0.3 is 0 Å². The average molecular weight is 345 g/mol. The van der Waals surface area contributed by atoms with Gasteiger partial charge in [-0.15, -0.1) is 0 Å². The number of nitrogens with two attached hydrogens (primary N) is 1. The van der Waals surface area contributed by atoms with Crippen LogP contribution in [-0.2, 0) is 4.79 Å². The maximum absolute atomic E-state index is 12.4. The molecule has 1 aromatic carbocycles. The summed E-state index contributed by atoms with van der Waals surface area (Å²) in [6.07, 6.45) is 9.42. The minimum atomic E-state index is -1.05. The monoisotopic (exact) mass is 345 g/mol. The highest BCUT2D eigenvalue weighted by molar-refractivity contribution is 5.98. The van der Waals surface area contributed by atoms with Gasteiger partial charge in [-0.3, -0.25) is 14.8 Å². The van der Waals surface area contributed by atoms with E-state index in [0.717, 1.165) is 5.56 Å². The molecule has 1 aliphatic rings. The highest BCUT2D eigenvalue weighted by Crippen LogP contribution is 2.26. The van der Waals surface area contributed by atoms with Gasteiger partial charge in [-0.2, -0.15) is 0 Å². The second-order valence-electron chi connectivity index (χ2n) is 7.23. The fraction of sp³-hybridized carbons (Fsp3) is 0.474. The minimum Gasteiger partial charge on any atom is -0.338 e. The van der Waals surface area contributed by atoms with Crippen LogP contribution in [0, 0.1) is 5.92 Å². The lowest BCUT2D eigenvalue weighted by Gasteiger charge is -2.29. The number of hydrogen-bond acceptors (Lipinski definition) is 4. The van der Waals surface area contributed by atoms with Crippen molar-refractivity contribution in [3.8, 4) is 0 Å². The van der Waals surface area contributed by atoms with Gasteiger partial charge in [0.15, 0.2) is 0 Å². The van der Waals surface area contributed by atoms with Crippen LogP contribution in [-0.4, -0.2) is 28.6 Å². The molecule has 1 aromatic rings. The second kappa shape index (κ2) is 8.27. The molecule has 1 aliphatic carbocycles. The molecule has 0 spiro atoms. The summed E-state index contributed by atoms with van der Waals surface area (Å²) in [6, 6.07) is 6.11. The number of nitrogens with one attached hydrogen (secondary N) is 2. The summed E-state index contributed by atoms with van der Waals surface area (Å²) in [4.78, 5) is 24.1. The summed E-state index contributed by atoms with van der Waals surface area (Å²) in [5.41, 5.74) is 7.89. The predicted octanol–water partition coefficient (Wildman–Crippen LogP) is 2.23. The fourth-order valence-electron chi connectivity index (χ4n) is 3.01. The van der Waals surface area contributed by atoms with Crippen LogP contribution < -0.4 is 16.5 Å². The Morgan fingerprint density at radius 1 is 1.24 bits per heavy atom. The number of benzene rings is 1. The van der Waals surface area contributed by atoms with E-state index in [2.05, 4.69) is 17.5 Å². The topological polar surface area (TPSA) is 104 Å². The van der Waals surface area contributed by atoms with E-state index in [-0.39, 0.29) is 0 Å². The number of amides is 2. The first-order valence-corrected chi connectivity index (χ1v) is 8.63. The number of carbonyl (C=O) groups is 2. The molecule has 6 nitrogen and oxygen atoms in total. The van der Waals surface area contributed by atoms with Crippen molar-refractivity contribution in [1.82, 2.24) is 10.8 Å². The molecule has 2 rings (SSSR count). The zero-order valence-electron chi connectivity index (χ0n) is 14.8. The SMILES string of the molecule is CC(C)(N)[C@H](NC(=O)c1ccc(/C=C/C2CCCC2)cc1)C(=O)NO. The van der Waals surface area contributed by atoms with Crippen molar-refractivity contribution in [3.63, 3.8) is 0 Å². The first kappa shape index (κ1) is 19.1. The van der Waals surface area contributed by atoms with Gasteiger partial charge in [0.1, 0.15) is 6.04 Å². The summed E-state index contributed by atoms with van der Waals surface area (Å²) in [7, 11) is 0. The Morgan fingerprint density at radius 2 is 1.84 bits per heavy atom. The lowest BCUT2D eigenvalue weighted by Crippen LogP contribution is -2.61. The molecule has 1 saturated carbocycles. The summed E-state index contributed by atoms with van der Waals surface area (Å²) < 4.78 is 0. The maximum Gasteiger partial charge on any atom is 0.267 e. The highest BCUT2D eigenvalue weighted by atomic mass is 16.5. The third-order valence-electron chi connectivity index (χ3n) is 4.53. The van der Waals surface area contributed by atoms with Gasteiger partial charge in [-0.1, -0.05) is 37.1 Å². The first-order valence-electron chi connectivity index (χ1n) is 8.63. The number of rotatable bonds is 6. The van der Waals surface area contributed by atoms with Crippen LogP contribution in [0.2, 0.25) is 0 Å². The van der Waals surface area contributed by atoms with E-state index in [1.807, 2.05) is 12.1 Å². The Balaban J connectivity index is 2.02. The quantitative estimate of drug-likeness (QED) is 0.469. The van der Waals surface area contributed by atoms with Crippen molar-refractivity contribution in [1.29, 1.82) is 0 Å². The molecule has 0 aliphatic heterocycles. The Morgan fingerprint density at radius 3 is 2.36 bits per heavy atom. The van der Waals surface area contributed by atoms with E-state index < -0.39 is 23.4 Å². The van der Waals surface area contributed by atoms with E-state index in [9.17, 15) is 9.59 Å². The van der Waals surface area contributed by atoms with Crippen LogP contribution in [0.25, 0.3) is 6.08 Å². The molecular formula is C19H27N3O3. The molecule has 136 valence electrons. The van der Waals surface area contributed by atoms with Gasteiger partial charge in [0, 0.05) is 11.1 Å². The number of allylic oxidation sites excluding steroid dienone is 1. The third kappa shape index (κ3) is 5.41. The highest BCUT2D eigenvalue weighted by Gasteiger charge is 2.33. The molecule has 6 heteroatoms. The van der Waals surface area contributed by atoms with E-state index in [1.54, 1.807) is 26.0 Å². The number of hydrogen-bond donors (Lipinski definition) is 4. The van der Waals surface area contributed by atoms with Gasteiger partial charge < -0.3 is 11.1 Å². The molecular weight excluding hydrogens is 318 g/mol. The molecule has 2 amide bonds. The fourth-order valence-corrected chi connectivity index (χ4v) is 3.01. The van der Waals surface area contributed by atoms with Crippen molar-refractivity contribution in [3.05, 3.63) is 41.5 Å². The Hall–Kier alpha value is -2.18. The van der Waals surface area contributed by atoms with Gasteiger partial charge in [0.05, 0.1) is 0 Å². The molecule has 0 heterocycles. The van der Waals surface area contributed by atoms with E-state index >= 15 is 0 Å². The van der Waals surface area contributed by atoms with Gasteiger partial charge in [0.25, 0.3) is 11.8 Å². The van der Waals surface area contributed by atoms with Crippen LogP contribution in [0.1, 0.15) is 55.5 Å². The molecule has 25 heavy (non-hydrogen) atoms. The molecule has 0 radical (unpaired) electrons. The second-order valence-corrected chi connectivity index (χ2v) is 7.23. The van der Waals surface area contributed by atoms with E-state index in [4.69, 9.17) is 10.9 Å². The predicted molar refractivity (Wildman–Crippen MR) is 96.9 cm³/mol. The molecule has 0 bridgehead atoms.